The molecule has 3 aliphatic heterocycles. The molecule has 6 atom stereocenters. The van der Waals surface area contributed by atoms with E-state index in [1.807, 2.05) is 23.6 Å². The second-order valence-corrected chi connectivity index (χ2v) is 14.6. The largest absolute Gasteiger partial charge is 0.508 e. The number of allylic oxidation sites excluding steroid dienone is 3. The summed E-state index contributed by atoms with van der Waals surface area (Å²) in [6, 6.07) is 13.3. The second-order valence-electron chi connectivity index (χ2n) is 12.4. The molecular formula is C34H25Cl2FN2O6S. The Labute approximate surface area is 276 Å². The molecule has 3 fully saturated rings. The van der Waals surface area contributed by atoms with Crippen molar-refractivity contribution in [3.05, 3.63) is 99.7 Å². The molecular weight excluding hydrogens is 654 g/mol. The predicted molar refractivity (Wildman–Crippen MR) is 168 cm³/mol. The number of carbonyl (C=O) groups excluding carboxylic acids is 4. The molecule has 12 heteroatoms. The molecule has 46 heavy (non-hydrogen) atoms. The van der Waals surface area contributed by atoms with Gasteiger partial charge in [-0.1, -0.05) is 17.7 Å². The van der Waals surface area contributed by atoms with Gasteiger partial charge < -0.3 is 9.84 Å². The summed E-state index contributed by atoms with van der Waals surface area (Å²) in [6.45, 7) is 0.147. The fraction of sp³-hybridized carbons (Fsp3) is 0.294. The summed E-state index contributed by atoms with van der Waals surface area (Å²) in [7, 11) is 0. The van der Waals surface area contributed by atoms with E-state index in [9.17, 15) is 28.7 Å². The molecule has 0 bridgehead atoms. The van der Waals surface area contributed by atoms with Gasteiger partial charge in [0.2, 0.25) is 11.8 Å². The van der Waals surface area contributed by atoms with Crippen molar-refractivity contribution in [3.63, 3.8) is 0 Å². The Balaban J connectivity index is 1.26. The Morgan fingerprint density at radius 3 is 2.52 bits per heavy atom. The number of anilines is 1. The van der Waals surface area contributed by atoms with E-state index in [2.05, 4.69) is 0 Å². The second kappa shape index (κ2) is 10.3. The zero-order valence-corrected chi connectivity index (χ0v) is 26.3. The topological polar surface area (TPSA) is 104 Å². The molecule has 1 N–H and O–H groups in total. The summed E-state index contributed by atoms with van der Waals surface area (Å²) in [6.07, 6.45) is 3.65. The highest BCUT2D eigenvalue weighted by atomic mass is 35.5. The minimum Gasteiger partial charge on any atom is -0.508 e. The lowest BCUT2D eigenvalue weighted by molar-refractivity contribution is -0.141. The number of hydrogen-bond donors (Lipinski definition) is 1. The molecule has 0 unspecified atom stereocenters. The van der Waals surface area contributed by atoms with E-state index in [1.54, 1.807) is 12.1 Å². The van der Waals surface area contributed by atoms with Gasteiger partial charge in [-0.3, -0.25) is 24.1 Å². The number of fused-ring (bicyclic) bond motifs is 5. The fourth-order valence-electron chi connectivity index (χ4n) is 7.99. The third-order valence-corrected chi connectivity index (χ3v) is 12.3. The van der Waals surface area contributed by atoms with E-state index in [0.717, 1.165) is 21.9 Å². The number of imide groups is 2. The Morgan fingerprint density at radius 1 is 1.00 bits per heavy atom. The molecule has 234 valence electrons. The lowest BCUT2D eigenvalue weighted by Crippen LogP contribution is -2.61. The first-order valence-corrected chi connectivity index (χ1v) is 16.4. The van der Waals surface area contributed by atoms with Crippen LogP contribution in [0.25, 0.3) is 0 Å². The first kappa shape index (κ1) is 29.4. The minimum atomic E-state index is -2.05. The SMILES string of the molecule is O=C1[C@H]2[C@H](CC=C3[C@H](C4=COc5ccc(O)cc5C4)[C@]4(Cl)C(=O)N(c5ccc(F)cc5)C(=O)[C@]4(Cl)C[C@H]32)C(=O)N1Cc1cccs1. The van der Waals surface area contributed by atoms with E-state index in [1.165, 1.54) is 40.7 Å². The highest BCUT2D eigenvalue weighted by molar-refractivity contribution is 7.09. The molecule has 0 radical (unpaired) electrons. The molecule has 2 aromatic carbocycles. The van der Waals surface area contributed by atoms with Crippen molar-refractivity contribution in [1.29, 1.82) is 0 Å². The summed E-state index contributed by atoms with van der Waals surface area (Å²) < 4.78 is 19.8. The number of likely N-dealkylation sites (tertiary alicyclic amines) is 1. The Morgan fingerprint density at radius 2 is 1.78 bits per heavy atom. The van der Waals surface area contributed by atoms with E-state index in [-0.39, 0.29) is 49.1 Å². The zero-order chi connectivity index (χ0) is 32.1. The molecule has 5 aliphatic rings. The molecule has 0 spiro atoms. The van der Waals surface area contributed by atoms with Gasteiger partial charge in [-0.05, 0) is 78.2 Å². The smallest absolute Gasteiger partial charge is 0.258 e. The highest BCUT2D eigenvalue weighted by Crippen LogP contribution is 2.65. The number of alkyl halides is 2. The van der Waals surface area contributed by atoms with Crippen molar-refractivity contribution in [2.24, 2.45) is 23.7 Å². The number of phenolic OH excluding ortho intramolecular Hbond substituents is 1. The number of hydrogen-bond acceptors (Lipinski definition) is 7. The summed E-state index contributed by atoms with van der Waals surface area (Å²) >= 11 is 16.3. The van der Waals surface area contributed by atoms with Gasteiger partial charge in [-0.15, -0.1) is 34.5 Å². The van der Waals surface area contributed by atoms with Crippen LogP contribution in [0.4, 0.5) is 10.1 Å². The first-order valence-electron chi connectivity index (χ1n) is 14.8. The van der Waals surface area contributed by atoms with Gasteiger partial charge in [0.25, 0.3) is 11.8 Å². The predicted octanol–water partition coefficient (Wildman–Crippen LogP) is 5.71. The molecule has 2 aliphatic carbocycles. The Bertz CT molecular complexity index is 1910. The van der Waals surface area contributed by atoms with Crippen LogP contribution in [0, 0.1) is 29.5 Å². The number of amides is 4. The summed E-state index contributed by atoms with van der Waals surface area (Å²) in [5, 5.41) is 12.1. The molecule has 2 saturated heterocycles. The van der Waals surface area contributed by atoms with Crippen LogP contribution >= 0.6 is 34.5 Å². The van der Waals surface area contributed by atoms with Crippen LogP contribution in [-0.2, 0) is 32.1 Å². The molecule has 4 amide bonds. The third kappa shape index (κ3) is 3.96. The summed E-state index contributed by atoms with van der Waals surface area (Å²) in [5.41, 5.74) is 1.92. The molecule has 1 saturated carbocycles. The van der Waals surface area contributed by atoms with E-state index < -0.39 is 51.1 Å². The quantitative estimate of drug-likeness (QED) is 0.216. The Hall–Kier alpha value is -3.99. The number of carbonyl (C=O) groups is 4. The van der Waals surface area contributed by atoms with Crippen LogP contribution in [0.5, 0.6) is 11.5 Å². The standard InChI is InChI=1S/C34H25Cl2FN2O6S/c35-33-14-25-23(8-9-24-27(25)30(42)38(29(24)41)15-22-2-1-11-46-22)28(18-12-17-13-21(40)7-10-26(17)45-16-18)34(33,36)32(44)39(31(33)43)20-5-3-19(37)4-6-20/h1-8,10-11,13,16,24-25,27-28,40H,9,12,14-15H2/t24-,25+,27-,28-,33+,34-/m0/s1. The maximum absolute atomic E-state index is 14.5. The van der Waals surface area contributed by atoms with Crippen LogP contribution in [0.15, 0.2) is 83.5 Å². The summed E-state index contributed by atoms with van der Waals surface area (Å²) in [4.78, 5) is 55.6. The number of aromatic hydroxyl groups is 1. The lowest BCUT2D eigenvalue weighted by atomic mass is 9.56. The van der Waals surface area contributed by atoms with E-state index >= 15 is 0 Å². The van der Waals surface area contributed by atoms with Gasteiger partial charge >= 0.3 is 0 Å². The van der Waals surface area contributed by atoms with Gasteiger partial charge in [0.15, 0.2) is 9.75 Å². The van der Waals surface area contributed by atoms with Gasteiger partial charge in [-0.2, -0.15) is 0 Å². The highest BCUT2D eigenvalue weighted by Gasteiger charge is 2.77. The van der Waals surface area contributed by atoms with Crippen molar-refractivity contribution in [3.8, 4) is 11.5 Å². The lowest BCUT2D eigenvalue weighted by Gasteiger charge is -2.51. The molecule has 4 heterocycles. The number of halogens is 3. The number of thiophene rings is 1. The van der Waals surface area contributed by atoms with Gasteiger partial charge in [0, 0.05) is 22.8 Å². The van der Waals surface area contributed by atoms with Crippen LogP contribution < -0.4 is 9.64 Å². The van der Waals surface area contributed by atoms with Gasteiger partial charge in [0.1, 0.15) is 17.3 Å². The third-order valence-electron chi connectivity index (χ3n) is 10.0. The summed E-state index contributed by atoms with van der Waals surface area (Å²) in [5.74, 6) is -5.36. The number of phenols is 1. The maximum Gasteiger partial charge on any atom is 0.258 e. The molecule has 8 nitrogen and oxygen atoms in total. The molecule has 1 aromatic heterocycles. The fourth-order valence-corrected chi connectivity index (χ4v) is 9.63. The monoisotopic (exact) mass is 678 g/mol. The van der Waals surface area contributed by atoms with Crippen molar-refractivity contribution < 1.29 is 33.4 Å². The number of nitrogens with zero attached hydrogens (tertiary/aromatic N) is 2. The molecule has 8 rings (SSSR count). The first-order chi connectivity index (χ1) is 22.0. The van der Waals surface area contributed by atoms with Crippen LogP contribution in [0.3, 0.4) is 0 Å². The molecule has 3 aromatic rings. The number of rotatable bonds is 4. The van der Waals surface area contributed by atoms with E-state index in [0.29, 0.717) is 22.5 Å². The average molecular weight is 680 g/mol. The maximum atomic E-state index is 14.5. The minimum absolute atomic E-state index is 0.0209. The van der Waals surface area contributed by atoms with Crippen molar-refractivity contribution in [2.75, 3.05) is 4.90 Å². The van der Waals surface area contributed by atoms with Crippen molar-refractivity contribution >= 4 is 63.9 Å². The van der Waals surface area contributed by atoms with Crippen LogP contribution in [0.1, 0.15) is 23.3 Å². The van der Waals surface area contributed by atoms with Crippen molar-refractivity contribution in [2.45, 2.75) is 35.6 Å². The van der Waals surface area contributed by atoms with Crippen molar-refractivity contribution in [1.82, 2.24) is 4.90 Å². The van der Waals surface area contributed by atoms with Crippen LogP contribution in [0.2, 0.25) is 0 Å². The number of benzene rings is 2. The van der Waals surface area contributed by atoms with Crippen LogP contribution in [-0.4, -0.2) is 43.4 Å². The number of ether oxygens (including phenoxy) is 1. The normalized spacial score (nSPS) is 31.5. The van der Waals surface area contributed by atoms with E-state index in [4.69, 9.17) is 27.9 Å². The zero-order valence-electron chi connectivity index (χ0n) is 24.0. The Kier molecular flexibility index (Phi) is 6.56. The van der Waals surface area contributed by atoms with Gasteiger partial charge in [0.05, 0.1) is 30.3 Å². The van der Waals surface area contributed by atoms with Gasteiger partial charge in [-0.25, -0.2) is 9.29 Å². The average Bonchev–Trinajstić information content (AvgIpc) is 3.68.